The molecule has 26 heavy (non-hydrogen) atoms. The Labute approximate surface area is 162 Å². The van der Waals surface area contributed by atoms with Gasteiger partial charge in [-0.1, -0.05) is 28.9 Å². The first kappa shape index (κ1) is 17.8. The van der Waals surface area contributed by atoms with Crippen LogP contribution in [0.1, 0.15) is 49.7 Å². The van der Waals surface area contributed by atoms with Crippen LogP contribution in [-0.4, -0.2) is 12.0 Å². The second-order valence-electron chi connectivity index (χ2n) is 8.08. The van der Waals surface area contributed by atoms with Crippen molar-refractivity contribution < 1.29 is 9.66 Å². The molecule has 3 aliphatic carbocycles. The summed E-state index contributed by atoms with van der Waals surface area (Å²) in [5.74, 6) is 2.74. The van der Waals surface area contributed by atoms with Crippen molar-refractivity contribution in [1.82, 2.24) is 0 Å². The molecule has 0 aliphatic heterocycles. The highest BCUT2D eigenvalue weighted by molar-refractivity contribution is 9.11. The Kier molecular flexibility index (Phi) is 4.46. The number of hydrogen-bond donors (Lipinski definition) is 0. The molecule has 0 saturated heterocycles. The maximum Gasteiger partial charge on any atom is 0.234 e. The number of allylic oxidation sites excluding steroid dienone is 3. The van der Waals surface area contributed by atoms with Gasteiger partial charge in [-0.3, -0.25) is 10.1 Å². The predicted octanol–water partition coefficient (Wildman–Crippen LogP) is 5.60. The van der Waals surface area contributed by atoms with Gasteiger partial charge in [0.05, 0.1) is 12.0 Å². The number of nitrogens with zero attached hydrogens (tertiary/aromatic N) is 1. The Balaban J connectivity index is 1.64. The summed E-state index contributed by atoms with van der Waals surface area (Å²) in [6, 6.07) is 6.55. The van der Waals surface area contributed by atoms with Gasteiger partial charge in [-0.25, -0.2) is 0 Å². The number of halogens is 1. The van der Waals surface area contributed by atoms with Crippen LogP contribution in [0.25, 0.3) is 0 Å². The van der Waals surface area contributed by atoms with Crippen LogP contribution in [0.3, 0.4) is 0 Å². The van der Waals surface area contributed by atoms with Gasteiger partial charge in [0.15, 0.2) is 0 Å². The number of nitro groups is 1. The number of methoxy groups -OCH3 is 1. The zero-order valence-corrected chi connectivity index (χ0v) is 16.8. The van der Waals surface area contributed by atoms with Crippen LogP contribution in [0.4, 0.5) is 0 Å². The smallest absolute Gasteiger partial charge is 0.234 e. The minimum Gasteiger partial charge on any atom is -0.497 e. The second kappa shape index (κ2) is 6.52. The van der Waals surface area contributed by atoms with Crippen LogP contribution in [0.15, 0.2) is 40.5 Å². The Hall–Kier alpha value is -1.62. The van der Waals surface area contributed by atoms with Gasteiger partial charge in [0.2, 0.25) is 6.20 Å². The van der Waals surface area contributed by atoms with Crippen LogP contribution in [-0.2, 0) is 6.42 Å². The monoisotopic (exact) mass is 417 g/mol. The maximum absolute atomic E-state index is 10.7. The Morgan fingerprint density at radius 2 is 2.19 bits per heavy atom. The summed E-state index contributed by atoms with van der Waals surface area (Å²) in [5.41, 5.74) is 4.15. The maximum atomic E-state index is 10.7. The molecule has 0 amide bonds. The fourth-order valence-electron chi connectivity index (χ4n) is 5.64. The van der Waals surface area contributed by atoms with Gasteiger partial charge in [0.1, 0.15) is 5.75 Å². The highest BCUT2D eigenvalue weighted by Crippen LogP contribution is 2.64. The minimum absolute atomic E-state index is 0.113. The molecule has 1 fully saturated rings. The number of fused-ring (bicyclic) bond motifs is 5. The molecule has 0 heterocycles. The fourth-order valence-corrected chi connectivity index (χ4v) is 6.43. The normalized spacial score (nSPS) is 33.0. The summed E-state index contributed by atoms with van der Waals surface area (Å²) in [6.07, 6.45) is 8.31. The van der Waals surface area contributed by atoms with Crippen LogP contribution >= 0.6 is 15.9 Å². The van der Waals surface area contributed by atoms with E-state index < -0.39 is 0 Å². The average Bonchev–Trinajstić information content (AvgIpc) is 2.90. The van der Waals surface area contributed by atoms with Crippen molar-refractivity contribution in [3.63, 3.8) is 0 Å². The first-order valence-electron chi connectivity index (χ1n) is 9.31. The summed E-state index contributed by atoms with van der Waals surface area (Å²) in [6.45, 7) is 2.34. The van der Waals surface area contributed by atoms with Gasteiger partial charge >= 0.3 is 0 Å². The number of hydrogen-bond acceptors (Lipinski definition) is 3. The lowest BCUT2D eigenvalue weighted by Gasteiger charge is -2.49. The van der Waals surface area contributed by atoms with Gasteiger partial charge in [0.25, 0.3) is 0 Å². The van der Waals surface area contributed by atoms with E-state index in [4.69, 9.17) is 4.74 Å². The lowest BCUT2D eigenvalue weighted by atomic mass is 9.56. The molecule has 5 heteroatoms. The highest BCUT2D eigenvalue weighted by Gasteiger charge is 2.53. The molecule has 4 atom stereocenters. The topological polar surface area (TPSA) is 52.4 Å². The van der Waals surface area contributed by atoms with Gasteiger partial charge in [-0.2, -0.15) is 0 Å². The van der Waals surface area contributed by atoms with Crippen LogP contribution < -0.4 is 4.74 Å². The zero-order chi connectivity index (χ0) is 18.5. The first-order valence-corrected chi connectivity index (χ1v) is 10.1. The molecule has 0 unspecified atom stereocenters. The average molecular weight is 418 g/mol. The van der Waals surface area contributed by atoms with Crippen molar-refractivity contribution in [1.29, 1.82) is 0 Å². The van der Waals surface area contributed by atoms with E-state index >= 15 is 0 Å². The minimum atomic E-state index is -0.370. The van der Waals surface area contributed by atoms with E-state index in [0.717, 1.165) is 36.8 Å². The van der Waals surface area contributed by atoms with Gasteiger partial charge in [-0.05, 0) is 78.7 Å². The van der Waals surface area contributed by atoms with E-state index in [1.807, 2.05) is 0 Å². The summed E-state index contributed by atoms with van der Waals surface area (Å²) in [7, 11) is 1.72. The number of aryl methyl sites for hydroxylation is 1. The third kappa shape index (κ3) is 2.72. The summed E-state index contributed by atoms with van der Waals surface area (Å²) in [5, 5.41) is 10.7. The standard InChI is InChI=1S/C21H24BrNO3/c1-21-9-7-17-16-6-4-15(26-2)11-13(16)3-5-18(17)19(21)12-14(20(21)22)8-10-23(24)25/h4,6,8,10-11,17-19H,3,5,7,9,12H2,1-2H3/b10-8+/t17-,18-,19+,21+/m1/s1. The SMILES string of the molecule is COc1ccc2c(c1)CC[C@@H]1[C@@H]2CC[C@]2(C)C(Br)=C(/C=C/[N+](=O)[O-])C[C@@H]12. The van der Waals surface area contributed by atoms with Crippen LogP contribution in [0.2, 0.25) is 0 Å². The quantitative estimate of drug-likeness (QED) is 0.474. The van der Waals surface area contributed by atoms with Gasteiger partial charge in [0, 0.05) is 16.0 Å². The molecular formula is C21H24BrNO3. The van der Waals surface area contributed by atoms with Crippen molar-refractivity contribution in [2.75, 3.05) is 7.11 Å². The molecule has 0 radical (unpaired) electrons. The third-order valence-corrected chi connectivity index (χ3v) is 8.36. The molecule has 4 rings (SSSR count). The molecule has 138 valence electrons. The molecule has 1 saturated carbocycles. The van der Waals surface area contributed by atoms with Crippen molar-refractivity contribution in [2.24, 2.45) is 17.3 Å². The fraction of sp³-hybridized carbons (Fsp3) is 0.524. The second-order valence-corrected chi connectivity index (χ2v) is 8.87. The molecule has 1 aromatic carbocycles. The van der Waals surface area contributed by atoms with E-state index in [0.29, 0.717) is 17.8 Å². The zero-order valence-electron chi connectivity index (χ0n) is 15.2. The third-order valence-electron chi connectivity index (χ3n) is 6.94. The summed E-state index contributed by atoms with van der Waals surface area (Å²) < 4.78 is 6.59. The Morgan fingerprint density at radius 3 is 2.92 bits per heavy atom. The summed E-state index contributed by atoms with van der Waals surface area (Å²) >= 11 is 3.81. The molecule has 0 spiro atoms. The van der Waals surface area contributed by atoms with Gasteiger partial charge < -0.3 is 4.74 Å². The molecular weight excluding hydrogens is 394 g/mol. The molecule has 0 bridgehead atoms. The van der Waals surface area contributed by atoms with E-state index in [1.165, 1.54) is 28.5 Å². The van der Waals surface area contributed by atoms with E-state index in [-0.39, 0.29) is 10.3 Å². The molecule has 0 aromatic heterocycles. The van der Waals surface area contributed by atoms with Crippen LogP contribution in [0, 0.1) is 27.4 Å². The molecule has 4 nitrogen and oxygen atoms in total. The first-order chi connectivity index (χ1) is 12.4. The Morgan fingerprint density at radius 1 is 1.38 bits per heavy atom. The van der Waals surface area contributed by atoms with E-state index in [9.17, 15) is 10.1 Å². The predicted molar refractivity (Wildman–Crippen MR) is 105 cm³/mol. The largest absolute Gasteiger partial charge is 0.497 e. The van der Waals surface area contributed by atoms with Crippen molar-refractivity contribution in [3.05, 3.63) is 61.8 Å². The molecule has 3 aliphatic rings. The highest BCUT2D eigenvalue weighted by atomic mass is 79.9. The van der Waals surface area contributed by atoms with Gasteiger partial charge in [-0.15, -0.1) is 0 Å². The number of rotatable bonds is 3. The van der Waals surface area contributed by atoms with E-state index in [2.05, 4.69) is 41.1 Å². The number of ether oxygens (including phenoxy) is 1. The Bertz CT molecular complexity index is 815. The summed E-state index contributed by atoms with van der Waals surface area (Å²) in [4.78, 5) is 10.4. The van der Waals surface area contributed by atoms with E-state index in [1.54, 1.807) is 13.2 Å². The van der Waals surface area contributed by atoms with Crippen molar-refractivity contribution >= 4 is 15.9 Å². The molecule has 1 aromatic rings. The van der Waals surface area contributed by atoms with Crippen LogP contribution in [0.5, 0.6) is 5.75 Å². The van der Waals surface area contributed by atoms with Crippen molar-refractivity contribution in [2.45, 2.75) is 44.9 Å². The lowest BCUT2D eigenvalue weighted by Crippen LogP contribution is -2.40. The number of benzene rings is 1. The lowest BCUT2D eigenvalue weighted by molar-refractivity contribution is -0.402. The van der Waals surface area contributed by atoms with Crippen molar-refractivity contribution in [3.8, 4) is 5.75 Å². The molecule has 0 N–H and O–H groups in total.